The van der Waals surface area contributed by atoms with Crippen LogP contribution < -0.4 is 0 Å². The van der Waals surface area contributed by atoms with E-state index < -0.39 is 5.24 Å². The molecule has 0 radical (unpaired) electrons. The van der Waals surface area contributed by atoms with E-state index in [0.29, 0.717) is 40.6 Å². The lowest BCUT2D eigenvalue weighted by molar-refractivity contribution is 0.108. The van der Waals surface area contributed by atoms with Gasteiger partial charge in [0.15, 0.2) is 0 Å². The van der Waals surface area contributed by atoms with Gasteiger partial charge in [0.05, 0.1) is 11.2 Å². The van der Waals surface area contributed by atoms with Gasteiger partial charge >= 0.3 is 0 Å². The number of nitrogens with zero attached hydrogens (tertiary/aromatic N) is 1. The first-order chi connectivity index (χ1) is 9.66. The number of pyridine rings is 1. The predicted molar refractivity (Wildman–Crippen MR) is 78.3 cm³/mol. The second-order valence-corrected chi connectivity index (χ2v) is 4.95. The molecular weight excluding hydrogens is 277 g/mol. The minimum absolute atomic E-state index is 0.205. The number of halogens is 2. The zero-order valence-electron chi connectivity index (χ0n) is 10.6. The van der Waals surface area contributed by atoms with Crippen LogP contribution in [-0.4, -0.2) is 10.2 Å². The molecule has 0 aliphatic heterocycles. The Hall–Kier alpha value is -2.00. The van der Waals surface area contributed by atoms with Crippen LogP contribution in [-0.2, 0) is 0 Å². The molecule has 1 aromatic heterocycles. The minimum atomic E-state index is -0.564. The number of hydrogen-bond donors (Lipinski definition) is 0. The molecule has 0 atom stereocenters. The van der Waals surface area contributed by atoms with Crippen LogP contribution in [0, 0.1) is 0 Å². The van der Waals surface area contributed by atoms with E-state index in [1.54, 1.807) is 24.3 Å². The van der Waals surface area contributed by atoms with Crippen molar-refractivity contribution < 1.29 is 9.18 Å². The topological polar surface area (TPSA) is 30.0 Å². The molecule has 0 unspecified atom stereocenters. The SMILES string of the molecule is O=C(Cl)c1cc(C2=C(F)CCC=C2)nc2ccccc12. The summed E-state index contributed by atoms with van der Waals surface area (Å²) >= 11 is 5.63. The molecular formula is C16H11ClFNO. The van der Waals surface area contributed by atoms with E-state index in [2.05, 4.69) is 4.98 Å². The van der Waals surface area contributed by atoms with Gasteiger partial charge in [0.2, 0.25) is 0 Å². The fraction of sp³-hybridized carbons (Fsp3) is 0.125. The highest BCUT2D eigenvalue weighted by atomic mass is 35.5. The monoisotopic (exact) mass is 287 g/mol. The lowest BCUT2D eigenvalue weighted by atomic mass is 10.00. The summed E-state index contributed by atoms with van der Waals surface area (Å²) in [6, 6.07) is 8.76. The average molecular weight is 288 g/mol. The summed E-state index contributed by atoms with van der Waals surface area (Å²) in [7, 11) is 0. The summed E-state index contributed by atoms with van der Waals surface area (Å²) in [5.41, 5.74) is 1.86. The van der Waals surface area contributed by atoms with Crippen molar-refractivity contribution in [3.63, 3.8) is 0 Å². The first-order valence-electron chi connectivity index (χ1n) is 6.32. The zero-order valence-corrected chi connectivity index (χ0v) is 11.3. The quantitative estimate of drug-likeness (QED) is 0.753. The molecule has 2 aromatic rings. The fourth-order valence-corrected chi connectivity index (χ4v) is 2.49. The Bertz CT molecular complexity index is 764. The number of allylic oxidation sites excluding steroid dienone is 4. The first-order valence-corrected chi connectivity index (χ1v) is 6.70. The van der Waals surface area contributed by atoms with E-state index in [1.807, 2.05) is 18.2 Å². The van der Waals surface area contributed by atoms with Crippen LogP contribution in [0.2, 0.25) is 0 Å². The smallest absolute Gasteiger partial charge is 0.253 e. The molecule has 1 aliphatic carbocycles. The summed E-state index contributed by atoms with van der Waals surface area (Å²) in [5, 5.41) is 0.114. The second-order valence-electron chi connectivity index (χ2n) is 4.61. The Kier molecular flexibility index (Phi) is 3.36. The van der Waals surface area contributed by atoms with Crippen LogP contribution in [0.4, 0.5) is 4.39 Å². The minimum Gasteiger partial charge on any atom is -0.276 e. The molecule has 1 aromatic carbocycles. The normalized spacial score (nSPS) is 14.9. The Morgan fingerprint density at radius 3 is 2.85 bits per heavy atom. The number of benzene rings is 1. The Balaban J connectivity index is 2.28. The highest BCUT2D eigenvalue weighted by Gasteiger charge is 2.16. The fourth-order valence-electron chi connectivity index (χ4n) is 2.34. The average Bonchev–Trinajstić information content (AvgIpc) is 2.46. The Morgan fingerprint density at radius 1 is 1.30 bits per heavy atom. The van der Waals surface area contributed by atoms with E-state index in [9.17, 15) is 9.18 Å². The van der Waals surface area contributed by atoms with Gasteiger partial charge in [0, 0.05) is 22.9 Å². The number of carbonyl (C=O) groups is 1. The molecule has 0 N–H and O–H groups in total. The molecule has 0 spiro atoms. The molecule has 0 fully saturated rings. The van der Waals surface area contributed by atoms with Gasteiger partial charge in [-0.3, -0.25) is 4.79 Å². The van der Waals surface area contributed by atoms with Crippen LogP contribution in [0.25, 0.3) is 16.5 Å². The zero-order chi connectivity index (χ0) is 14.1. The van der Waals surface area contributed by atoms with Crippen molar-refractivity contribution in [1.82, 2.24) is 4.98 Å². The van der Waals surface area contributed by atoms with Gasteiger partial charge in [-0.1, -0.05) is 30.4 Å². The van der Waals surface area contributed by atoms with Gasteiger partial charge < -0.3 is 0 Å². The third-order valence-corrected chi connectivity index (χ3v) is 3.51. The van der Waals surface area contributed by atoms with Crippen molar-refractivity contribution in [2.45, 2.75) is 12.8 Å². The van der Waals surface area contributed by atoms with Crippen LogP contribution in [0.15, 0.2) is 48.3 Å². The molecule has 1 heterocycles. The van der Waals surface area contributed by atoms with Gasteiger partial charge in [-0.2, -0.15) is 0 Å². The Morgan fingerprint density at radius 2 is 2.10 bits per heavy atom. The molecule has 4 heteroatoms. The summed E-state index contributed by atoms with van der Waals surface area (Å²) in [5.74, 6) is -0.205. The molecule has 1 aliphatic rings. The molecule has 0 saturated carbocycles. The van der Waals surface area contributed by atoms with Crippen molar-refractivity contribution in [1.29, 1.82) is 0 Å². The van der Waals surface area contributed by atoms with Crippen molar-refractivity contribution >= 4 is 33.3 Å². The van der Waals surface area contributed by atoms with E-state index in [1.165, 1.54) is 0 Å². The molecule has 3 rings (SSSR count). The predicted octanol–water partition coefficient (Wildman–Crippen LogP) is 4.64. The molecule has 0 amide bonds. The standard InChI is InChI=1S/C16H11ClFNO/c17-16(20)12-9-15(11-6-1-3-7-13(11)18)19-14-8-4-2-5-10(12)14/h1-2,4-6,8-9H,3,7H2. The van der Waals surface area contributed by atoms with E-state index >= 15 is 0 Å². The van der Waals surface area contributed by atoms with Crippen molar-refractivity contribution in [3.05, 3.63) is 59.6 Å². The molecule has 2 nitrogen and oxygen atoms in total. The largest absolute Gasteiger partial charge is 0.276 e. The summed E-state index contributed by atoms with van der Waals surface area (Å²) in [4.78, 5) is 16.0. The summed E-state index contributed by atoms with van der Waals surface area (Å²) < 4.78 is 13.9. The van der Waals surface area contributed by atoms with E-state index in [0.717, 1.165) is 0 Å². The number of rotatable bonds is 2. The highest BCUT2D eigenvalue weighted by molar-refractivity contribution is 6.68. The van der Waals surface area contributed by atoms with Gasteiger partial charge in [-0.15, -0.1) is 0 Å². The summed E-state index contributed by atoms with van der Waals surface area (Å²) in [6.45, 7) is 0. The van der Waals surface area contributed by atoms with Crippen molar-refractivity contribution in [2.24, 2.45) is 0 Å². The first kappa shape index (κ1) is 13.0. The number of carbonyl (C=O) groups excluding carboxylic acids is 1. The van der Waals surface area contributed by atoms with Crippen LogP contribution >= 0.6 is 11.6 Å². The van der Waals surface area contributed by atoms with Gasteiger partial charge in [0.25, 0.3) is 5.24 Å². The number of hydrogen-bond acceptors (Lipinski definition) is 2. The number of aromatic nitrogens is 1. The number of fused-ring (bicyclic) bond motifs is 1. The van der Waals surface area contributed by atoms with Crippen LogP contribution in [0.3, 0.4) is 0 Å². The third-order valence-electron chi connectivity index (χ3n) is 3.31. The third kappa shape index (κ3) is 2.25. The maximum absolute atomic E-state index is 13.9. The lowest BCUT2D eigenvalue weighted by Gasteiger charge is -2.11. The molecule has 0 bridgehead atoms. The summed E-state index contributed by atoms with van der Waals surface area (Å²) in [6.07, 6.45) is 4.66. The van der Waals surface area contributed by atoms with Crippen LogP contribution in [0.5, 0.6) is 0 Å². The maximum Gasteiger partial charge on any atom is 0.253 e. The van der Waals surface area contributed by atoms with Gasteiger partial charge in [-0.05, 0) is 30.2 Å². The van der Waals surface area contributed by atoms with E-state index in [-0.39, 0.29) is 5.83 Å². The van der Waals surface area contributed by atoms with E-state index in [4.69, 9.17) is 11.6 Å². The van der Waals surface area contributed by atoms with Gasteiger partial charge in [-0.25, -0.2) is 9.37 Å². The molecule has 20 heavy (non-hydrogen) atoms. The lowest BCUT2D eigenvalue weighted by Crippen LogP contribution is -1.99. The second kappa shape index (κ2) is 5.17. The molecule has 0 saturated heterocycles. The van der Waals surface area contributed by atoms with Crippen molar-refractivity contribution in [2.75, 3.05) is 0 Å². The molecule has 100 valence electrons. The van der Waals surface area contributed by atoms with Crippen LogP contribution in [0.1, 0.15) is 28.9 Å². The maximum atomic E-state index is 13.9. The Labute approximate surface area is 120 Å². The highest BCUT2D eigenvalue weighted by Crippen LogP contribution is 2.30. The van der Waals surface area contributed by atoms with Crippen molar-refractivity contribution in [3.8, 4) is 0 Å². The number of para-hydroxylation sites is 1. The van der Waals surface area contributed by atoms with Gasteiger partial charge in [0.1, 0.15) is 5.83 Å².